The summed E-state index contributed by atoms with van der Waals surface area (Å²) in [5, 5.41) is 2.78. The van der Waals surface area contributed by atoms with Gasteiger partial charge in [0.15, 0.2) is 0 Å². The molecular formula is C15H34N2O2S. The van der Waals surface area contributed by atoms with Crippen molar-refractivity contribution in [2.45, 2.75) is 78.0 Å². The minimum Gasteiger partial charge on any atom is -0.313 e. The third-order valence-corrected chi connectivity index (χ3v) is 5.19. The van der Waals surface area contributed by atoms with E-state index < -0.39 is 10.0 Å². The molecule has 0 aromatic carbocycles. The molecule has 0 fully saturated rings. The summed E-state index contributed by atoms with van der Waals surface area (Å²) >= 11 is 0. The van der Waals surface area contributed by atoms with Gasteiger partial charge in [-0.2, -0.15) is 0 Å². The summed E-state index contributed by atoms with van der Waals surface area (Å²) in [6.07, 6.45) is 5.75. The van der Waals surface area contributed by atoms with E-state index in [1.54, 1.807) is 6.92 Å². The summed E-state index contributed by atoms with van der Waals surface area (Å²) in [6.45, 7) is 11.3. The Kier molecular flexibility index (Phi) is 10.5. The van der Waals surface area contributed by atoms with Gasteiger partial charge >= 0.3 is 0 Å². The van der Waals surface area contributed by atoms with Crippen molar-refractivity contribution < 1.29 is 8.42 Å². The lowest BCUT2D eigenvalue weighted by Gasteiger charge is -2.16. The van der Waals surface area contributed by atoms with Crippen LogP contribution in [0.5, 0.6) is 0 Å². The first-order chi connectivity index (χ1) is 9.25. The van der Waals surface area contributed by atoms with E-state index in [-0.39, 0.29) is 5.25 Å². The zero-order valence-corrected chi connectivity index (χ0v) is 14.7. The average Bonchev–Trinajstić information content (AvgIpc) is 2.34. The first-order valence-corrected chi connectivity index (χ1v) is 9.52. The van der Waals surface area contributed by atoms with Gasteiger partial charge in [0.1, 0.15) is 0 Å². The monoisotopic (exact) mass is 306 g/mol. The molecule has 0 saturated heterocycles. The maximum atomic E-state index is 12.0. The van der Waals surface area contributed by atoms with E-state index in [1.165, 1.54) is 19.3 Å². The van der Waals surface area contributed by atoms with E-state index >= 15 is 0 Å². The molecule has 1 unspecified atom stereocenters. The lowest BCUT2D eigenvalue weighted by atomic mass is 10.0. The molecular weight excluding hydrogens is 272 g/mol. The van der Waals surface area contributed by atoms with Crippen LogP contribution in [0.1, 0.15) is 66.7 Å². The van der Waals surface area contributed by atoms with Crippen LogP contribution in [0.25, 0.3) is 0 Å². The number of hydrogen-bond donors (Lipinski definition) is 2. The van der Waals surface area contributed by atoms with Crippen LogP contribution in [0.2, 0.25) is 0 Å². The highest BCUT2D eigenvalue weighted by Gasteiger charge is 2.19. The molecule has 0 aromatic heterocycles. The molecule has 0 aliphatic heterocycles. The minimum absolute atomic E-state index is 0.314. The molecule has 1 atom stereocenters. The normalized spacial score (nSPS) is 14.2. The summed E-state index contributed by atoms with van der Waals surface area (Å²) in [5.74, 6) is 0.766. The predicted octanol–water partition coefficient (Wildman–Crippen LogP) is 2.90. The Morgan fingerprint density at radius 1 is 0.900 bits per heavy atom. The second kappa shape index (κ2) is 10.6. The summed E-state index contributed by atoms with van der Waals surface area (Å²) < 4.78 is 26.7. The molecule has 4 nitrogen and oxygen atoms in total. The Morgan fingerprint density at radius 2 is 1.50 bits per heavy atom. The van der Waals surface area contributed by atoms with Gasteiger partial charge in [-0.15, -0.1) is 0 Å². The van der Waals surface area contributed by atoms with E-state index in [0.29, 0.717) is 19.1 Å². The molecule has 2 N–H and O–H groups in total. The lowest BCUT2D eigenvalue weighted by Crippen LogP contribution is -2.41. The fourth-order valence-corrected chi connectivity index (χ4v) is 2.93. The van der Waals surface area contributed by atoms with Crippen LogP contribution in [0.15, 0.2) is 0 Å². The van der Waals surface area contributed by atoms with Gasteiger partial charge in [0.25, 0.3) is 0 Å². The molecule has 0 aliphatic carbocycles. The van der Waals surface area contributed by atoms with Crippen LogP contribution in [0.3, 0.4) is 0 Å². The summed E-state index contributed by atoms with van der Waals surface area (Å²) in [7, 11) is -3.17. The zero-order valence-electron chi connectivity index (χ0n) is 13.9. The Bertz CT molecular complexity index is 327. The second-order valence-corrected chi connectivity index (χ2v) is 8.59. The Labute approximate surface area is 126 Å². The maximum absolute atomic E-state index is 12.0. The SMILES string of the molecule is CC(C)CCCCCCNS(=O)(=O)C(C)CNC(C)C. The standard InChI is InChI=1S/C15H34N2O2S/c1-13(2)10-8-6-7-9-11-17-20(18,19)15(5)12-16-14(3)4/h13-17H,6-12H2,1-5H3. The number of hydrogen-bond acceptors (Lipinski definition) is 3. The molecule has 0 spiro atoms. The van der Waals surface area contributed by atoms with Gasteiger partial charge in [0.2, 0.25) is 10.0 Å². The van der Waals surface area contributed by atoms with Crippen molar-refractivity contribution in [1.29, 1.82) is 0 Å². The van der Waals surface area contributed by atoms with Crippen LogP contribution in [0.4, 0.5) is 0 Å². The molecule has 20 heavy (non-hydrogen) atoms. The van der Waals surface area contributed by atoms with Crippen molar-refractivity contribution in [3.63, 3.8) is 0 Å². The van der Waals surface area contributed by atoms with Gasteiger partial charge in [-0.3, -0.25) is 0 Å². The number of rotatable bonds is 12. The molecule has 0 saturated carbocycles. The van der Waals surface area contributed by atoms with Gasteiger partial charge in [-0.05, 0) is 19.3 Å². The topological polar surface area (TPSA) is 58.2 Å². The highest BCUT2D eigenvalue weighted by molar-refractivity contribution is 7.90. The Balaban J connectivity index is 3.71. The largest absolute Gasteiger partial charge is 0.313 e. The molecule has 0 bridgehead atoms. The smallest absolute Gasteiger partial charge is 0.215 e. The van der Waals surface area contributed by atoms with Crippen molar-refractivity contribution in [3.8, 4) is 0 Å². The van der Waals surface area contributed by atoms with E-state index in [0.717, 1.165) is 18.8 Å². The van der Waals surface area contributed by atoms with Crippen molar-refractivity contribution in [2.75, 3.05) is 13.1 Å². The first kappa shape index (κ1) is 19.9. The number of sulfonamides is 1. The Hall–Kier alpha value is -0.130. The first-order valence-electron chi connectivity index (χ1n) is 7.97. The molecule has 0 heterocycles. The molecule has 0 amide bonds. The predicted molar refractivity (Wildman–Crippen MR) is 87.4 cm³/mol. The molecule has 0 radical (unpaired) electrons. The lowest BCUT2D eigenvalue weighted by molar-refractivity contribution is 0.514. The minimum atomic E-state index is -3.17. The van der Waals surface area contributed by atoms with Gasteiger partial charge < -0.3 is 5.32 Å². The van der Waals surface area contributed by atoms with Crippen molar-refractivity contribution in [1.82, 2.24) is 10.0 Å². The quantitative estimate of drug-likeness (QED) is 0.545. The highest BCUT2D eigenvalue weighted by atomic mass is 32.2. The van der Waals surface area contributed by atoms with Crippen molar-refractivity contribution in [3.05, 3.63) is 0 Å². The van der Waals surface area contributed by atoms with Crippen LogP contribution in [0, 0.1) is 5.92 Å². The fraction of sp³-hybridized carbons (Fsp3) is 1.00. The van der Waals surface area contributed by atoms with Crippen LogP contribution in [-0.4, -0.2) is 32.8 Å². The van der Waals surface area contributed by atoms with E-state index in [9.17, 15) is 8.42 Å². The molecule has 122 valence electrons. The summed E-state index contributed by atoms with van der Waals surface area (Å²) in [5.41, 5.74) is 0. The van der Waals surface area contributed by atoms with E-state index in [2.05, 4.69) is 23.9 Å². The van der Waals surface area contributed by atoms with E-state index in [4.69, 9.17) is 0 Å². The zero-order chi connectivity index (χ0) is 15.6. The third-order valence-electron chi connectivity index (χ3n) is 3.35. The Morgan fingerprint density at radius 3 is 2.05 bits per heavy atom. The van der Waals surface area contributed by atoms with Crippen molar-refractivity contribution in [2.24, 2.45) is 5.92 Å². The fourth-order valence-electron chi connectivity index (χ4n) is 1.90. The molecule has 0 aliphatic rings. The highest BCUT2D eigenvalue weighted by Crippen LogP contribution is 2.09. The van der Waals surface area contributed by atoms with E-state index in [1.807, 2.05) is 13.8 Å². The number of unbranched alkanes of at least 4 members (excludes halogenated alkanes) is 3. The van der Waals surface area contributed by atoms with Gasteiger partial charge in [-0.1, -0.05) is 53.4 Å². The maximum Gasteiger partial charge on any atom is 0.215 e. The van der Waals surface area contributed by atoms with Crippen molar-refractivity contribution >= 4 is 10.0 Å². The number of nitrogens with one attached hydrogen (secondary N) is 2. The average molecular weight is 307 g/mol. The summed E-state index contributed by atoms with van der Waals surface area (Å²) in [6, 6.07) is 0.314. The van der Waals surface area contributed by atoms with Gasteiger partial charge in [0.05, 0.1) is 5.25 Å². The van der Waals surface area contributed by atoms with Crippen LogP contribution < -0.4 is 10.0 Å². The van der Waals surface area contributed by atoms with Gasteiger partial charge in [0, 0.05) is 19.1 Å². The molecule has 0 aromatic rings. The molecule has 0 rings (SSSR count). The summed E-state index contributed by atoms with van der Waals surface area (Å²) in [4.78, 5) is 0. The molecule has 5 heteroatoms. The third kappa shape index (κ3) is 10.6. The van der Waals surface area contributed by atoms with Crippen LogP contribution >= 0.6 is 0 Å². The van der Waals surface area contributed by atoms with Crippen LogP contribution in [-0.2, 0) is 10.0 Å². The second-order valence-electron chi connectivity index (χ2n) is 6.41. The van der Waals surface area contributed by atoms with Gasteiger partial charge in [-0.25, -0.2) is 13.1 Å².